The predicted molar refractivity (Wildman–Crippen MR) is 111 cm³/mol. The number of likely N-dealkylation sites (tertiary alicyclic amines) is 1. The Morgan fingerprint density at radius 2 is 1.96 bits per heavy atom. The Hall–Kier alpha value is -0.820. The van der Waals surface area contributed by atoms with E-state index in [4.69, 9.17) is 5.73 Å². The molecule has 0 amide bonds. The monoisotopic (exact) mass is 430 g/mol. The highest BCUT2D eigenvalue weighted by molar-refractivity contribution is 14.0. The van der Waals surface area contributed by atoms with Crippen molar-refractivity contribution in [2.45, 2.75) is 45.4 Å². The van der Waals surface area contributed by atoms with E-state index in [-0.39, 0.29) is 24.0 Å². The number of halogens is 1. The number of rotatable bonds is 6. The number of nitrogens with zero attached hydrogens (tertiary/aromatic N) is 2. The highest BCUT2D eigenvalue weighted by Gasteiger charge is 2.07. The minimum absolute atomic E-state index is 0. The van der Waals surface area contributed by atoms with Crippen LogP contribution in [0, 0.1) is 0 Å². The van der Waals surface area contributed by atoms with Gasteiger partial charge in [0.05, 0.1) is 0 Å². The summed E-state index contributed by atoms with van der Waals surface area (Å²) in [5, 5.41) is 3.18. The third-order valence-corrected chi connectivity index (χ3v) is 4.22. The summed E-state index contributed by atoms with van der Waals surface area (Å²) < 4.78 is 0. The first-order valence-corrected chi connectivity index (χ1v) is 8.66. The van der Waals surface area contributed by atoms with Gasteiger partial charge in [-0.05, 0) is 63.0 Å². The van der Waals surface area contributed by atoms with Crippen LogP contribution >= 0.6 is 24.0 Å². The Labute approximate surface area is 157 Å². The Bertz CT molecular complexity index is 468. The highest BCUT2D eigenvalue weighted by atomic mass is 127. The van der Waals surface area contributed by atoms with Crippen molar-refractivity contribution in [2.24, 2.45) is 10.7 Å². The molecule has 1 aliphatic rings. The Balaban J connectivity index is 0.00000264. The molecule has 23 heavy (non-hydrogen) atoms. The number of benzene rings is 1. The summed E-state index contributed by atoms with van der Waals surface area (Å²) in [6, 6.07) is 8.33. The standard InChI is InChI=1S/C18H30N4.HI/c1-2-16-9-7-10-17(15-16)21-18(19)20-11-8-14-22-12-5-3-4-6-13-22;/h7,9-10,15H,2-6,8,11-14H2,1H3,(H3,19,20,21);1H. The van der Waals surface area contributed by atoms with Crippen LogP contribution < -0.4 is 11.1 Å². The van der Waals surface area contributed by atoms with E-state index in [1.807, 2.05) is 12.1 Å². The Kier molecular flexibility index (Phi) is 10.3. The van der Waals surface area contributed by atoms with Crippen molar-refractivity contribution in [1.29, 1.82) is 0 Å². The van der Waals surface area contributed by atoms with Crippen molar-refractivity contribution >= 4 is 35.6 Å². The Morgan fingerprint density at radius 3 is 2.65 bits per heavy atom. The molecular formula is C18H31IN4. The number of guanidine groups is 1. The van der Waals surface area contributed by atoms with Gasteiger partial charge in [0.2, 0.25) is 0 Å². The maximum Gasteiger partial charge on any atom is 0.193 e. The predicted octanol–water partition coefficient (Wildman–Crippen LogP) is 3.86. The van der Waals surface area contributed by atoms with Gasteiger partial charge in [0, 0.05) is 12.2 Å². The summed E-state index contributed by atoms with van der Waals surface area (Å²) in [5.41, 5.74) is 8.29. The fourth-order valence-corrected chi connectivity index (χ4v) is 2.91. The van der Waals surface area contributed by atoms with Crippen LogP contribution in [0.3, 0.4) is 0 Å². The molecule has 130 valence electrons. The van der Waals surface area contributed by atoms with Crippen LogP contribution in [0.15, 0.2) is 29.3 Å². The maximum absolute atomic E-state index is 5.97. The molecule has 3 N–H and O–H groups in total. The normalized spacial score (nSPS) is 16.5. The molecule has 0 bridgehead atoms. The molecule has 4 nitrogen and oxygen atoms in total. The number of hydrogen-bond donors (Lipinski definition) is 2. The van der Waals surface area contributed by atoms with Crippen molar-refractivity contribution in [1.82, 2.24) is 4.90 Å². The van der Waals surface area contributed by atoms with E-state index in [0.29, 0.717) is 5.96 Å². The molecule has 0 aliphatic carbocycles. The number of hydrogen-bond acceptors (Lipinski definition) is 2. The summed E-state index contributed by atoms with van der Waals surface area (Å²) in [4.78, 5) is 7.01. The third kappa shape index (κ3) is 8.01. The molecule has 1 saturated heterocycles. The molecule has 0 saturated carbocycles. The number of aliphatic imine (C=N–C) groups is 1. The molecule has 2 rings (SSSR count). The van der Waals surface area contributed by atoms with E-state index < -0.39 is 0 Å². The van der Waals surface area contributed by atoms with Gasteiger partial charge in [0.1, 0.15) is 0 Å². The van der Waals surface area contributed by atoms with Gasteiger partial charge in [-0.1, -0.05) is 31.9 Å². The van der Waals surface area contributed by atoms with E-state index in [0.717, 1.165) is 31.6 Å². The van der Waals surface area contributed by atoms with Gasteiger partial charge in [0.15, 0.2) is 5.96 Å². The van der Waals surface area contributed by atoms with E-state index in [9.17, 15) is 0 Å². The van der Waals surface area contributed by atoms with Crippen molar-refractivity contribution in [2.75, 3.05) is 31.5 Å². The summed E-state index contributed by atoms with van der Waals surface area (Å²) in [6.45, 7) is 6.59. The lowest BCUT2D eigenvalue weighted by Crippen LogP contribution is -2.27. The van der Waals surface area contributed by atoms with Crippen molar-refractivity contribution in [3.05, 3.63) is 29.8 Å². The molecule has 1 aromatic carbocycles. The molecule has 1 heterocycles. The van der Waals surface area contributed by atoms with Gasteiger partial charge in [-0.2, -0.15) is 0 Å². The zero-order chi connectivity index (χ0) is 15.6. The third-order valence-electron chi connectivity index (χ3n) is 4.22. The van der Waals surface area contributed by atoms with Crippen LogP contribution in [0.2, 0.25) is 0 Å². The van der Waals surface area contributed by atoms with E-state index in [2.05, 4.69) is 34.3 Å². The smallest absolute Gasteiger partial charge is 0.193 e. The van der Waals surface area contributed by atoms with Crippen LogP contribution in [0.5, 0.6) is 0 Å². The number of anilines is 1. The van der Waals surface area contributed by atoms with Crippen molar-refractivity contribution in [3.63, 3.8) is 0 Å². The first-order chi connectivity index (χ1) is 10.8. The molecular weight excluding hydrogens is 399 g/mol. The first kappa shape index (κ1) is 20.2. The zero-order valence-electron chi connectivity index (χ0n) is 14.3. The summed E-state index contributed by atoms with van der Waals surface area (Å²) in [7, 11) is 0. The lowest BCUT2D eigenvalue weighted by molar-refractivity contribution is 0.283. The van der Waals surface area contributed by atoms with Crippen LogP contribution in [0.4, 0.5) is 5.69 Å². The largest absolute Gasteiger partial charge is 0.370 e. The van der Waals surface area contributed by atoms with Gasteiger partial charge in [-0.25, -0.2) is 0 Å². The molecule has 1 aliphatic heterocycles. The molecule has 5 heteroatoms. The Morgan fingerprint density at radius 1 is 1.22 bits per heavy atom. The van der Waals surface area contributed by atoms with E-state index in [1.54, 1.807) is 0 Å². The fourth-order valence-electron chi connectivity index (χ4n) is 2.91. The second kappa shape index (κ2) is 11.7. The molecule has 0 radical (unpaired) electrons. The number of nitrogens with two attached hydrogens (primary N) is 1. The molecule has 1 fully saturated rings. The minimum Gasteiger partial charge on any atom is -0.370 e. The average Bonchev–Trinajstić information content (AvgIpc) is 2.80. The fraction of sp³-hybridized carbons (Fsp3) is 0.611. The molecule has 0 aromatic heterocycles. The van der Waals surface area contributed by atoms with Crippen molar-refractivity contribution < 1.29 is 0 Å². The van der Waals surface area contributed by atoms with Crippen LogP contribution in [-0.2, 0) is 6.42 Å². The second-order valence-electron chi connectivity index (χ2n) is 6.06. The lowest BCUT2D eigenvalue weighted by atomic mass is 10.1. The summed E-state index contributed by atoms with van der Waals surface area (Å²) >= 11 is 0. The number of aryl methyl sites for hydroxylation is 1. The van der Waals surface area contributed by atoms with Crippen LogP contribution in [-0.4, -0.2) is 37.0 Å². The quantitative estimate of drug-likeness (QED) is 0.312. The minimum atomic E-state index is 0. The van der Waals surface area contributed by atoms with Gasteiger partial charge in [-0.3, -0.25) is 4.99 Å². The molecule has 0 spiro atoms. The van der Waals surface area contributed by atoms with Gasteiger partial charge >= 0.3 is 0 Å². The second-order valence-corrected chi connectivity index (χ2v) is 6.06. The average molecular weight is 430 g/mol. The van der Waals surface area contributed by atoms with Gasteiger partial charge < -0.3 is 16.0 Å². The SMILES string of the molecule is CCc1cccc(NC(N)=NCCCN2CCCCCC2)c1.I. The van der Waals surface area contributed by atoms with Crippen LogP contribution in [0.1, 0.15) is 44.6 Å². The van der Waals surface area contributed by atoms with E-state index in [1.165, 1.54) is 44.3 Å². The van der Waals surface area contributed by atoms with Crippen molar-refractivity contribution in [3.8, 4) is 0 Å². The molecule has 1 aromatic rings. The first-order valence-electron chi connectivity index (χ1n) is 8.66. The topological polar surface area (TPSA) is 53.6 Å². The highest BCUT2D eigenvalue weighted by Crippen LogP contribution is 2.11. The summed E-state index contributed by atoms with van der Waals surface area (Å²) in [6.07, 6.45) is 7.59. The van der Waals surface area contributed by atoms with Gasteiger partial charge in [0.25, 0.3) is 0 Å². The summed E-state index contributed by atoms with van der Waals surface area (Å²) in [5.74, 6) is 0.518. The number of nitrogens with one attached hydrogen (secondary N) is 1. The zero-order valence-corrected chi connectivity index (χ0v) is 16.6. The lowest BCUT2D eigenvalue weighted by Gasteiger charge is -2.18. The maximum atomic E-state index is 5.97. The van der Waals surface area contributed by atoms with E-state index >= 15 is 0 Å². The van der Waals surface area contributed by atoms with Gasteiger partial charge in [-0.15, -0.1) is 24.0 Å². The molecule has 0 atom stereocenters. The molecule has 0 unspecified atom stereocenters. The van der Waals surface area contributed by atoms with Crippen LogP contribution in [0.25, 0.3) is 0 Å².